The van der Waals surface area contributed by atoms with Gasteiger partial charge < -0.3 is 0 Å². The molecule has 1 aromatic heterocycles. The Morgan fingerprint density at radius 1 is 1.00 bits per heavy atom. The molecule has 0 bridgehead atoms. The van der Waals surface area contributed by atoms with Crippen LogP contribution in [0.1, 0.15) is 17.5 Å². The Morgan fingerprint density at radius 2 is 1.57 bits per heavy atom. The molecule has 0 amide bonds. The normalized spacial score (nSPS) is 12.9. The Morgan fingerprint density at radius 3 is 2.07 bits per heavy atom. The minimum Gasteiger partial charge on any atom is -0.268 e. The Labute approximate surface area is 154 Å². The molecule has 6 nitrogen and oxygen atoms in total. The summed E-state index contributed by atoms with van der Waals surface area (Å²) in [6, 6.07) is 2.71. The maximum absolute atomic E-state index is 12.8. The standard InChI is InChI=1S/C15H13F6N3O3S/c16-14(17,18)10-7-11(15(19,20)21)9-12(8-10)28(26,27)23-5-2-6-24-13(25)3-1-4-22-24/h1,3-4,7-9,23H,2,5-6H2. The third-order valence-electron chi connectivity index (χ3n) is 3.50. The van der Waals surface area contributed by atoms with E-state index < -0.39 is 44.0 Å². The lowest BCUT2D eigenvalue weighted by atomic mass is 10.1. The third kappa shape index (κ3) is 5.55. The summed E-state index contributed by atoms with van der Waals surface area (Å²) in [6.07, 6.45) is -8.97. The second-order valence-corrected chi connectivity index (χ2v) is 7.34. The fourth-order valence-corrected chi connectivity index (χ4v) is 3.30. The molecule has 2 rings (SSSR count). The van der Waals surface area contributed by atoms with Crippen LogP contribution in [0.5, 0.6) is 0 Å². The summed E-state index contributed by atoms with van der Waals surface area (Å²) in [7, 11) is -4.65. The van der Waals surface area contributed by atoms with Crippen molar-refractivity contribution in [3.05, 3.63) is 58.0 Å². The van der Waals surface area contributed by atoms with E-state index in [1.165, 1.54) is 18.3 Å². The molecule has 2 aromatic rings. The molecule has 0 aliphatic rings. The van der Waals surface area contributed by atoms with Crippen molar-refractivity contribution in [3.8, 4) is 0 Å². The molecule has 0 aliphatic carbocycles. The van der Waals surface area contributed by atoms with E-state index in [1.54, 1.807) is 0 Å². The van der Waals surface area contributed by atoms with E-state index in [2.05, 4.69) is 5.10 Å². The van der Waals surface area contributed by atoms with Gasteiger partial charge in [-0.2, -0.15) is 31.4 Å². The molecular weight excluding hydrogens is 416 g/mol. The van der Waals surface area contributed by atoms with Crippen LogP contribution in [0.3, 0.4) is 0 Å². The highest BCUT2D eigenvalue weighted by Crippen LogP contribution is 2.37. The second-order valence-electron chi connectivity index (χ2n) is 5.58. The lowest BCUT2D eigenvalue weighted by Crippen LogP contribution is -2.28. The van der Waals surface area contributed by atoms with Crippen molar-refractivity contribution in [1.29, 1.82) is 0 Å². The Hall–Kier alpha value is -2.41. The smallest absolute Gasteiger partial charge is 0.268 e. The highest BCUT2D eigenvalue weighted by atomic mass is 32.2. The van der Waals surface area contributed by atoms with E-state index in [9.17, 15) is 39.6 Å². The van der Waals surface area contributed by atoms with E-state index >= 15 is 0 Å². The largest absolute Gasteiger partial charge is 0.416 e. The number of nitrogens with one attached hydrogen (secondary N) is 1. The van der Waals surface area contributed by atoms with Crippen molar-refractivity contribution in [2.45, 2.75) is 30.2 Å². The van der Waals surface area contributed by atoms with Gasteiger partial charge in [0.1, 0.15) is 0 Å². The number of nitrogens with zero attached hydrogens (tertiary/aromatic N) is 2. The zero-order valence-electron chi connectivity index (χ0n) is 13.9. The molecular formula is C15H13F6N3O3S. The number of rotatable bonds is 6. The highest BCUT2D eigenvalue weighted by Gasteiger charge is 2.38. The average Bonchev–Trinajstić information content (AvgIpc) is 2.58. The first-order valence-electron chi connectivity index (χ1n) is 7.62. The van der Waals surface area contributed by atoms with Crippen LogP contribution >= 0.6 is 0 Å². The molecule has 0 aliphatic heterocycles. The average molecular weight is 429 g/mol. The molecule has 0 fully saturated rings. The molecule has 0 unspecified atom stereocenters. The van der Waals surface area contributed by atoms with Crippen LogP contribution in [0.15, 0.2) is 46.2 Å². The number of aryl methyl sites for hydroxylation is 1. The van der Waals surface area contributed by atoms with Gasteiger partial charge in [0.05, 0.1) is 16.0 Å². The van der Waals surface area contributed by atoms with E-state index in [-0.39, 0.29) is 37.7 Å². The molecule has 0 radical (unpaired) electrons. The second kappa shape index (κ2) is 7.91. The zero-order chi connectivity index (χ0) is 21.2. The van der Waals surface area contributed by atoms with Gasteiger partial charge >= 0.3 is 12.4 Å². The predicted molar refractivity (Wildman–Crippen MR) is 84.7 cm³/mol. The van der Waals surface area contributed by atoms with Crippen LogP contribution in [-0.4, -0.2) is 24.7 Å². The van der Waals surface area contributed by atoms with Gasteiger partial charge in [-0.15, -0.1) is 0 Å². The number of alkyl halides is 6. The predicted octanol–water partition coefficient (Wildman–Crippen LogP) is 2.65. The molecule has 0 saturated carbocycles. The summed E-state index contributed by atoms with van der Waals surface area (Å²) in [6.45, 7) is -0.332. The van der Waals surface area contributed by atoms with Gasteiger partial charge in [-0.25, -0.2) is 17.8 Å². The summed E-state index contributed by atoms with van der Waals surface area (Å²) in [5.74, 6) is 0. The minimum absolute atomic E-state index is 0.00140. The molecule has 1 heterocycles. The lowest BCUT2D eigenvalue weighted by molar-refractivity contribution is -0.143. The Balaban J connectivity index is 2.20. The van der Waals surface area contributed by atoms with Crippen molar-refractivity contribution in [2.24, 2.45) is 0 Å². The third-order valence-corrected chi connectivity index (χ3v) is 4.94. The summed E-state index contributed by atoms with van der Waals surface area (Å²) in [5, 5.41) is 3.72. The first kappa shape index (κ1) is 21.9. The van der Waals surface area contributed by atoms with Crippen molar-refractivity contribution >= 4 is 10.0 Å². The first-order valence-corrected chi connectivity index (χ1v) is 9.10. The van der Waals surface area contributed by atoms with Crippen molar-refractivity contribution < 1.29 is 34.8 Å². The van der Waals surface area contributed by atoms with Gasteiger partial charge in [0, 0.05) is 25.4 Å². The Bertz CT molecular complexity index is 967. The lowest BCUT2D eigenvalue weighted by Gasteiger charge is -2.15. The van der Waals surface area contributed by atoms with Gasteiger partial charge in [0.15, 0.2) is 0 Å². The number of hydrogen-bond donors (Lipinski definition) is 1. The van der Waals surface area contributed by atoms with E-state index in [0.717, 1.165) is 4.68 Å². The highest BCUT2D eigenvalue weighted by molar-refractivity contribution is 7.89. The van der Waals surface area contributed by atoms with Gasteiger partial charge in [0.25, 0.3) is 5.56 Å². The van der Waals surface area contributed by atoms with E-state index in [4.69, 9.17) is 0 Å². The molecule has 154 valence electrons. The molecule has 13 heteroatoms. The fraction of sp³-hybridized carbons (Fsp3) is 0.333. The van der Waals surface area contributed by atoms with E-state index in [1.807, 2.05) is 4.72 Å². The Kier molecular flexibility index (Phi) is 6.18. The minimum atomic E-state index is -5.16. The number of benzene rings is 1. The van der Waals surface area contributed by atoms with Crippen LogP contribution in [0.4, 0.5) is 26.3 Å². The van der Waals surface area contributed by atoms with Crippen LogP contribution in [-0.2, 0) is 28.9 Å². The van der Waals surface area contributed by atoms with Gasteiger partial charge in [-0.3, -0.25) is 4.79 Å². The molecule has 1 aromatic carbocycles. The van der Waals surface area contributed by atoms with Gasteiger partial charge in [-0.1, -0.05) is 0 Å². The van der Waals surface area contributed by atoms with E-state index in [0.29, 0.717) is 0 Å². The maximum atomic E-state index is 12.8. The van der Waals surface area contributed by atoms with Crippen molar-refractivity contribution in [1.82, 2.24) is 14.5 Å². The summed E-state index contributed by atoms with van der Waals surface area (Å²) in [4.78, 5) is 10.3. The quantitative estimate of drug-likeness (QED) is 0.566. The number of hydrogen-bond acceptors (Lipinski definition) is 4. The maximum Gasteiger partial charge on any atom is 0.416 e. The molecule has 0 saturated heterocycles. The van der Waals surface area contributed by atoms with Crippen LogP contribution in [0.25, 0.3) is 0 Å². The van der Waals surface area contributed by atoms with Crippen molar-refractivity contribution in [2.75, 3.05) is 6.54 Å². The number of aromatic nitrogens is 2. The van der Waals surface area contributed by atoms with Gasteiger partial charge in [-0.05, 0) is 30.7 Å². The molecule has 0 atom stereocenters. The van der Waals surface area contributed by atoms with Gasteiger partial charge in [0.2, 0.25) is 10.0 Å². The zero-order valence-corrected chi connectivity index (χ0v) is 14.7. The monoisotopic (exact) mass is 429 g/mol. The summed E-state index contributed by atoms with van der Waals surface area (Å²) >= 11 is 0. The van der Waals surface area contributed by atoms with Crippen LogP contribution in [0.2, 0.25) is 0 Å². The molecule has 28 heavy (non-hydrogen) atoms. The SMILES string of the molecule is O=c1cccnn1CCCNS(=O)(=O)c1cc(C(F)(F)F)cc(C(F)(F)F)c1. The van der Waals surface area contributed by atoms with Crippen molar-refractivity contribution in [3.63, 3.8) is 0 Å². The number of sulfonamides is 1. The number of halogens is 6. The topological polar surface area (TPSA) is 81.1 Å². The van der Waals surface area contributed by atoms with Crippen LogP contribution < -0.4 is 10.3 Å². The summed E-state index contributed by atoms with van der Waals surface area (Å²) < 4.78 is 104. The molecule has 1 N–H and O–H groups in total. The first-order chi connectivity index (χ1) is 12.8. The molecule has 0 spiro atoms. The van der Waals surface area contributed by atoms with Crippen LogP contribution in [0, 0.1) is 0 Å². The summed E-state index contributed by atoms with van der Waals surface area (Å²) in [5.41, 5.74) is -3.91. The fourth-order valence-electron chi connectivity index (χ4n) is 2.16.